The first-order valence-corrected chi connectivity index (χ1v) is 13.3. The topological polar surface area (TPSA) is 20.2 Å². The Kier molecular flexibility index (Phi) is 8.33. The van der Waals surface area contributed by atoms with Crippen molar-refractivity contribution in [3.8, 4) is 0 Å². The van der Waals surface area contributed by atoms with Crippen LogP contribution in [-0.4, -0.2) is 11.2 Å². The summed E-state index contributed by atoms with van der Waals surface area (Å²) in [6.07, 6.45) is 20.1. The Balaban J connectivity index is 1.72. The van der Waals surface area contributed by atoms with E-state index in [4.69, 9.17) is 0 Å². The van der Waals surface area contributed by atoms with E-state index in [0.29, 0.717) is 17.3 Å². The molecule has 1 N–H and O–H groups in total. The SMILES string of the molecule is CC[C@H](CC[C@@H](C)[C@H]1C/C=C\[C@@H]2CCC3C[C@H](O)CC[C@]3(C)/C2=C/C[C@@H]1C)C(C)C. The van der Waals surface area contributed by atoms with E-state index in [2.05, 4.69) is 59.8 Å². The van der Waals surface area contributed by atoms with Crippen LogP contribution in [0.4, 0.5) is 0 Å². The van der Waals surface area contributed by atoms with Gasteiger partial charge in [0.15, 0.2) is 0 Å². The van der Waals surface area contributed by atoms with Gasteiger partial charge in [0.1, 0.15) is 0 Å². The molecule has 3 aliphatic carbocycles. The van der Waals surface area contributed by atoms with E-state index in [-0.39, 0.29) is 6.10 Å². The van der Waals surface area contributed by atoms with Crippen molar-refractivity contribution in [3.63, 3.8) is 0 Å². The molecule has 8 atom stereocenters. The molecular weight excluding hydrogens is 364 g/mol. The third kappa shape index (κ3) is 5.25. The smallest absolute Gasteiger partial charge is 0.0543 e. The number of hydrogen-bond acceptors (Lipinski definition) is 1. The van der Waals surface area contributed by atoms with Crippen molar-refractivity contribution < 1.29 is 5.11 Å². The summed E-state index contributed by atoms with van der Waals surface area (Å²) < 4.78 is 0. The summed E-state index contributed by atoms with van der Waals surface area (Å²) in [6.45, 7) is 14.7. The number of aliphatic hydroxyl groups is 1. The zero-order valence-electron chi connectivity index (χ0n) is 20.9. The van der Waals surface area contributed by atoms with Gasteiger partial charge in [-0.1, -0.05) is 78.2 Å². The number of hydrogen-bond donors (Lipinski definition) is 1. The van der Waals surface area contributed by atoms with Crippen LogP contribution in [0.5, 0.6) is 0 Å². The van der Waals surface area contributed by atoms with Crippen LogP contribution in [0.15, 0.2) is 23.8 Å². The Hall–Kier alpha value is -0.560. The first-order chi connectivity index (χ1) is 14.3. The Labute approximate surface area is 187 Å². The molecule has 30 heavy (non-hydrogen) atoms. The van der Waals surface area contributed by atoms with E-state index >= 15 is 0 Å². The van der Waals surface area contributed by atoms with E-state index in [0.717, 1.165) is 42.4 Å². The van der Waals surface area contributed by atoms with Gasteiger partial charge in [0.25, 0.3) is 0 Å². The Morgan fingerprint density at radius 3 is 2.57 bits per heavy atom. The molecule has 0 radical (unpaired) electrons. The molecular formula is C29H50O. The van der Waals surface area contributed by atoms with Crippen molar-refractivity contribution in [2.24, 2.45) is 46.8 Å². The van der Waals surface area contributed by atoms with Gasteiger partial charge in [-0.2, -0.15) is 0 Å². The number of allylic oxidation sites excluding steroid dienone is 4. The van der Waals surface area contributed by atoms with E-state index in [1.54, 1.807) is 5.57 Å². The maximum Gasteiger partial charge on any atom is 0.0543 e. The summed E-state index contributed by atoms with van der Waals surface area (Å²) in [5.41, 5.74) is 2.05. The molecule has 0 aromatic carbocycles. The third-order valence-corrected chi connectivity index (χ3v) is 9.75. The Morgan fingerprint density at radius 1 is 1.10 bits per heavy atom. The normalized spacial score (nSPS) is 42.0. The monoisotopic (exact) mass is 414 g/mol. The van der Waals surface area contributed by atoms with Crippen molar-refractivity contribution in [2.75, 3.05) is 0 Å². The molecule has 1 heteroatoms. The minimum Gasteiger partial charge on any atom is -0.393 e. The maximum atomic E-state index is 10.3. The van der Waals surface area contributed by atoms with Crippen LogP contribution in [0.25, 0.3) is 0 Å². The van der Waals surface area contributed by atoms with Crippen molar-refractivity contribution in [1.82, 2.24) is 0 Å². The van der Waals surface area contributed by atoms with Gasteiger partial charge in [-0.3, -0.25) is 0 Å². The van der Waals surface area contributed by atoms with Crippen LogP contribution < -0.4 is 0 Å². The van der Waals surface area contributed by atoms with Gasteiger partial charge < -0.3 is 5.11 Å². The zero-order valence-corrected chi connectivity index (χ0v) is 20.9. The molecule has 1 nitrogen and oxygen atoms in total. The summed E-state index contributed by atoms with van der Waals surface area (Å²) >= 11 is 0. The fourth-order valence-corrected chi connectivity index (χ4v) is 7.35. The Bertz CT molecular complexity index is 601. The summed E-state index contributed by atoms with van der Waals surface area (Å²) in [5, 5.41) is 10.3. The lowest BCUT2D eigenvalue weighted by molar-refractivity contribution is 0.0158. The highest BCUT2D eigenvalue weighted by Gasteiger charge is 2.46. The first kappa shape index (κ1) is 24.1. The quantitative estimate of drug-likeness (QED) is 0.434. The summed E-state index contributed by atoms with van der Waals surface area (Å²) in [6, 6.07) is 0. The highest BCUT2D eigenvalue weighted by Crippen LogP contribution is 2.56. The minimum absolute atomic E-state index is 0.0611. The summed E-state index contributed by atoms with van der Waals surface area (Å²) in [7, 11) is 0. The van der Waals surface area contributed by atoms with Gasteiger partial charge in [0.2, 0.25) is 0 Å². The lowest BCUT2D eigenvalue weighted by Gasteiger charge is -2.51. The molecule has 0 amide bonds. The highest BCUT2D eigenvalue weighted by molar-refractivity contribution is 5.27. The second kappa shape index (κ2) is 10.4. The van der Waals surface area contributed by atoms with Gasteiger partial charge in [-0.25, -0.2) is 0 Å². The number of rotatable bonds is 6. The predicted molar refractivity (Wildman–Crippen MR) is 130 cm³/mol. The number of fused-ring (bicyclic) bond motifs is 3. The lowest BCUT2D eigenvalue weighted by atomic mass is 9.55. The highest BCUT2D eigenvalue weighted by atomic mass is 16.3. The predicted octanol–water partition coefficient (Wildman–Crippen LogP) is 8.19. The van der Waals surface area contributed by atoms with Crippen molar-refractivity contribution >= 4 is 0 Å². The van der Waals surface area contributed by atoms with Crippen LogP contribution in [0, 0.1) is 46.8 Å². The molecule has 2 saturated carbocycles. The van der Waals surface area contributed by atoms with Crippen LogP contribution in [0.3, 0.4) is 0 Å². The molecule has 3 aliphatic rings. The molecule has 0 heterocycles. The van der Waals surface area contributed by atoms with Crippen LogP contribution in [-0.2, 0) is 0 Å². The molecule has 2 fully saturated rings. The van der Waals surface area contributed by atoms with Crippen molar-refractivity contribution in [3.05, 3.63) is 23.8 Å². The van der Waals surface area contributed by atoms with E-state index in [1.807, 2.05) is 0 Å². The number of aliphatic hydroxyl groups excluding tert-OH is 1. The first-order valence-electron chi connectivity index (χ1n) is 13.3. The van der Waals surface area contributed by atoms with Crippen LogP contribution >= 0.6 is 0 Å². The summed E-state index contributed by atoms with van der Waals surface area (Å²) in [5.74, 6) is 5.41. The molecule has 0 aromatic rings. The fourth-order valence-electron chi connectivity index (χ4n) is 7.35. The molecule has 0 bridgehead atoms. The fraction of sp³-hybridized carbons (Fsp3) is 0.862. The molecule has 172 valence electrons. The van der Waals surface area contributed by atoms with E-state index < -0.39 is 0 Å². The molecule has 0 saturated heterocycles. The van der Waals surface area contributed by atoms with Gasteiger partial charge in [-0.15, -0.1) is 0 Å². The third-order valence-electron chi connectivity index (χ3n) is 9.75. The molecule has 0 spiro atoms. The molecule has 0 aromatic heterocycles. The molecule has 0 aliphatic heterocycles. The van der Waals surface area contributed by atoms with Gasteiger partial charge in [0.05, 0.1) is 6.10 Å². The zero-order chi connectivity index (χ0) is 21.9. The van der Waals surface area contributed by atoms with Crippen LogP contribution in [0.1, 0.15) is 106 Å². The second-order valence-corrected chi connectivity index (χ2v) is 11.9. The van der Waals surface area contributed by atoms with Gasteiger partial charge in [-0.05, 0) is 98.2 Å². The lowest BCUT2D eigenvalue weighted by Crippen LogP contribution is -2.42. The van der Waals surface area contributed by atoms with Gasteiger partial charge >= 0.3 is 0 Å². The van der Waals surface area contributed by atoms with Crippen LogP contribution in [0.2, 0.25) is 0 Å². The van der Waals surface area contributed by atoms with E-state index in [1.165, 1.54) is 51.4 Å². The minimum atomic E-state index is -0.0611. The molecule has 1 unspecified atom stereocenters. The average Bonchev–Trinajstić information content (AvgIpc) is 2.78. The standard InChI is InChI=1S/C29H50O/c1-7-23(20(2)3)13-11-21(4)27-10-8-9-24-14-15-25-19-26(30)17-18-29(25,6)28(24)16-12-22(27)5/h8-9,16,20-27,30H,7,10-15,17-19H2,1-6H3/b9-8-,28-16+/t21-,22+,23-,24-,25?,26-,27-,29+/m1/s1. The summed E-state index contributed by atoms with van der Waals surface area (Å²) in [4.78, 5) is 0. The largest absolute Gasteiger partial charge is 0.393 e. The van der Waals surface area contributed by atoms with Gasteiger partial charge in [0, 0.05) is 0 Å². The maximum absolute atomic E-state index is 10.3. The molecule has 3 rings (SSSR count). The van der Waals surface area contributed by atoms with Crippen molar-refractivity contribution in [2.45, 2.75) is 112 Å². The Morgan fingerprint density at radius 2 is 1.87 bits per heavy atom. The van der Waals surface area contributed by atoms with E-state index in [9.17, 15) is 5.11 Å². The second-order valence-electron chi connectivity index (χ2n) is 11.9. The average molecular weight is 415 g/mol. The van der Waals surface area contributed by atoms with Crippen molar-refractivity contribution in [1.29, 1.82) is 0 Å².